The normalized spacial score (nSPS) is 12.3. The molecule has 0 aliphatic carbocycles. The van der Waals surface area contributed by atoms with Crippen molar-refractivity contribution in [3.8, 4) is 11.5 Å². The van der Waals surface area contributed by atoms with Crippen LogP contribution >= 0.6 is 0 Å². The Hall–Kier alpha value is -2.01. The SMILES string of the molecule is COc1cc(F)c(C(O)c2ccoc2C)cc1OC. The predicted molar refractivity (Wildman–Crippen MR) is 67.0 cm³/mol. The first-order valence-corrected chi connectivity index (χ1v) is 5.72. The molecule has 0 aliphatic heterocycles. The van der Waals surface area contributed by atoms with Crippen LogP contribution in [0.2, 0.25) is 0 Å². The zero-order valence-electron chi connectivity index (χ0n) is 10.9. The van der Waals surface area contributed by atoms with Gasteiger partial charge in [0.2, 0.25) is 0 Å². The van der Waals surface area contributed by atoms with Gasteiger partial charge in [0.15, 0.2) is 11.5 Å². The van der Waals surface area contributed by atoms with Gasteiger partial charge in [0, 0.05) is 17.2 Å². The van der Waals surface area contributed by atoms with Crippen molar-refractivity contribution >= 4 is 0 Å². The number of methoxy groups -OCH3 is 2. The third kappa shape index (κ3) is 2.42. The second-order valence-electron chi connectivity index (χ2n) is 4.06. The van der Waals surface area contributed by atoms with E-state index in [-0.39, 0.29) is 11.3 Å². The zero-order chi connectivity index (χ0) is 14.0. The highest BCUT2D eigenvalue weighted by atomic mass is 19.1. The zero-order valence-corrected chi connectivity index (χ0v) is 10.9. The summed E-state index contributed by atoms with van der Waals surface area (Å²) in [5.74, 6) is 0.617. The molecule has 1 unspecified atom stereocenters. The van der Waals surface area contributed by atoms with E-state index in [1.807, 2.05) is 0 Å². The molecule has 2 aromatic rings. The van der Waals surface area contributed by atoms with Gasteiger partial charge in [0.05, 0.1) is 20.5 Å². The first-order valence-electron chi connectivity index (χ1n) is 5.72. The molecule has 19 heavy (non-hydrogen) atoms. The lowest BCUT2D eigenvalue weighted by Gasteiger charge is -2.15. The molecule has 0 spiro atoms. The van der Waals surface area contributed by atoms with E-state index in [1.165, 1.54) is 32.6 Å². The standard InChI is InChI=1S/C14H15FO4/c1-8-9(4-5-19-8)14(16)10-6-12(17-2)13(18-3)7-11(10)15/h4-7,14,16H,1-3H3. The second kappa shape index (κ2) is 5.32. The molecule has 1 heterocycles. The molecule has 0 saturated carbocycles. The smallest absolute Gasteiger partial charge is 0.163 e. The monoisotopic (exact) mass is 266 g/mol. The van der Waals surface area contributed by atoms with E-state index in [9.17, 15) is 9.50 Å². The van der Waals surface area contributed by atoms with Crippen molar-refractivity contribution < 1.29 is 23.4 Å². The van der Waals surface area contributed by atoms with E-state index < -0.39 is 11.9 Å². The van der Waals surface area contributed by atoms with Crippen molar-refractivity contribution in [1.29, 1.82) is 0 Å². The van der Waals surface area contributed by atoms with Crippen molar-refractivity contribution in [3.05, 3.63) is 47.2 Å². The maximum Gasteiger partial charge on any atom is 0.163 e. The molecule has 0 fully saturated rings. The summed E-state index contributed by atoms with van der Waals surface area (Å²) in [6, 6.07) is 4.22. The average molecular weight is 266 g/mol. The Labute approximate surface area is 110 Å². The molecule has 4 nitrogen and oxygen atoms in total. The molecule has 5 heteroatoms. The van der Waals surface area contributed by atoms with Crippen LogP contribution < -0.4 is 9.47 Å². The van der Waals surface area contributed by atoms with Crippen LogP contribution in [0.15, 0.2) is 28.9 Å². The summed E-state index contributed by atoms with van der Waals surface area (Å²) in [6.07, 6.45) is 0.338. The predicted octanol–water partition coefficient (Wildman–Crippen LogP) is 2.83. The summed E-state index contributed by atoms with van der Waals surface area (Å²) in [4.78, 5) is 0. The number of benzene rings is 1. The fourth-order valence-corrected chi connectivity index (χ4v) is 1.93. The number of furan rings is 1. The number of aliphatic hydroxyl groups is 1. The van der Waals surface area contributed by atoms with Gasteiger partial charge in [-0.15, -0.1) is 0 Å². The summed E-state index contributed by atoms with van der Waals surface area (Å²) in [7, 11) is 2.88. The summed E-state index contributed by atoms with van der Waals surface area (Å²) in [5.41, 5.74) is 0.633. The van der Waals surface area contributed by atoms with Crippen LogP contribution in [0, 0.1) is 12.7 Å². The third-order valence-electron chi connectivity index (χ3n) is 2.99. The molecule has 2 rings (SSSR count). The summed E-state index contributed by atoms with van der Waals surface area (Å²) < 4.78 is 29.2. The van der Waals surface area contributed by atoms with E-state index in [4.69, 9.17) is 13.9 Å². The van der Waals surface area contributed by atoms with Gasteiger partial charge in [-0.1, -0.05) is 0 Å². The van der Waals surface area contributed by atoms with E-state index >= 15 is 0 Å². The first kappa shape index (κ1) is 13.4. The third-order valence-corrected chi connectivity index (χ3v) is 2.99. The van der Waals surface area contributed by atoms with Crippen LogP contribution in [0.5, 0.6) is 11.5 Å². The minimum Gasteiger partial charge on any atom is -0.493 e. The number of ether oxygens (including phenoxy) is 2. The maximum absolute atomic E-state index is 14.0. The van der Waals surface area contributed by atoms with E-state index in [1.54, 1.807) is 13.0 Å². The fourth-order valence-electron chi connectivity index (χ4n) is 1.93. The molecule has 1 aromatic heterocycles. The first-order chi connectivity index (χ1) is 9.08. The lowest BCUT2D eigenvalue weighted by atomic mass is 10.0. The number of hydrogen-bond donors (Lipinski definition) is 1. The molecule has 1 aromatic carbocycles. The average Bonchev–Trinajstić information content (AvgIpc) is 2.83. The quantitative estimate of drug-likeness (QED) is 0.924. The fraction of sp³-hybridized carbons (Fsp3) is 0.286. The van der Waals surface area contributed by atoms with Crippen LogP contribution in [0.1, 0.15) is 23.0 Å². The Kier molecular flexibility index (Phi) is 3.76. The number of halogens is 1. The van der Waals surface area contributed by atoms with Gasteiger partial charge in [-0.05, 0) is 19.1 Å². The van der Waals surface area contributed by atoms with Crippen molar-refractivity contribution in [2.24, 2.45) is 0 Å². The van der Waals surface area contributed by atoms with Crippen LogP contribution in [0.25, 0.3) is 0 Å². The minimum atomic E-state index is -1.11. The molecule has 1 N–H and O–H groups in total. The van der Waals surface area contributed by atoms with E-state index in [2.05, 4.69) is 0 Å². The largest absolute Gasteiger partial charge is 0.493 e. The summed E-state index contributed by atoms with van der Waals surface area (Å²) in [5, 5.41) is 10.2. The van der Waals surface area contributed by atoms with Gasteiger partial charge >= 0.3 is 0 Å². The maximum atomic E-state index is 14.0. The number of hydrogen-bond acceptors (Lipinski definition) is 4. The molecular weight excluding hydrogens is 251 g/mol. The highest BCUT2D eigenvalue weighted by Crippen LogP contribution is 2.35. The van der Waals surface area contributed by atoms with Crippen LogP contribution in [0.3, 0.4) is 0 Å². The summed E-state index contributed by atoms with van der Waals surface area (Å²) in [6.45, 7) is 1.71. The Morgan fingerprint density at radius 1 is 1.16 bits per heavy atom. The lowest BCUT2D eigenvalue weighted by molar-refractivity contribution is 0.211. The highest BCUT2D eigenvalue weighted by Gasteiger charge is 2.21. The van der Waals surface area contributed by atoms with Crippen molar-refractivity contribution in [2.75, 3.05) is 14.2 Å². The van der Waals surface area contributed by atoms with E-state index in [0.29, 0.717) is 17.1 Å². The topological polar surface area (TPSA) is 51.8 Å². The molecule has 1 atom stereocenters. The Morgan fingerprint density at radius 2 is 1.79 bits per heavy atom. The van der Waals surface area contributed by atoms with Crippen molar-refractivity contribution in [2.45, 2.75) is 13.0 Å². The second-order valence-corrected chi connectivity index (χ2v) is 4.06. The van der Waals surface area contributed by atoms with Gasteiger partial charge < -0.3 is 19.0 Å². The molecular formula is C14H15FO4. The molecule has 0 amide bonds. The van der Waals surface area contributed by atoms with Gasteiger partial charge in [0.1, 0.15) is 17.7 Å². The van der Waals surface area contributed by atoms with E-state index in [0.717, 1.165) is 0 Å². The molecule has 0 aliphatic rings. The highest BCUT2D eigenvalue weighted by molar-refractivity contribution is 5.46. The number of aryl methyl sites for hydroxylation is 1. The Bertz CT molecular complexity index is 577. The van der Waals surface area contributed by atoms with Gasteiger partial charge in [-0.2, -0.15) is 0 Å². The molecule has 0 radical (unpaired) electrons. The molecule has 102 valence electrons. The van der Waals surface area contributed by atoms with Crippen LogP contribution in [-0.2, 0) is 0 Å². The number of aliphatic hydroxyl groups excluding tert-OH is 1. The van der Waals surface area contributed by atoms with Gasteiger partial charge in [-0.3, -0.25) is 0 Å². The number of rotatable bonds is 4. The van der Waals surface area contributed by atoms with Crippen molar-refractivity contribution in [3.63, 3.8) is 0 Å². The molecule has 0 saturated heterocycles. The van der Waals surface area contributed by atoms with Crippen LogP contribution in [-0.4, -0.2) is 19.3 Å². The van der Waals surface area contributed by atoms with Gasteiger partial charge in [-0.25, -0.2) is 4.39 Å². The lowest BCUT2D eigenvalue weighted by Crippen LogP contribution is -2.04. The van der Waals surface area contributed by atoms with Crippen molar-refractivity contribution in [1.82, 2.24) is 0 Å². The Balaban J connectivity index is 2.48. The molecule has 0 bridgehead atoms. The van der Waals surface area contributed by atoms with Gasteiger partial charge in [0.25, 0.3) is 0 Å². The minimum absolute atomic E-state index is 0.113. The Morgan fingerprint density at radius 3 is 2.32 bits per heavy atom. The van der Waals surface area contributed by atoms with Crippen LogP contribution in [0.4, 0.5) is 4.39 Å². The summed E-state index contributed by atoms with van der Waals surface area (Å²) >= 11 is 0.